The van der Waals surface area contributed by atoms with Crippen LogP contribution < -0.4 is 5.32 Å². The molecule has 2 nitrogen and oxygen atoms in total. The lowest BCUT2D eigenvalue weighted by Gasteiger charge is -2.33. The lowest BCUT2D eigenvalue weighted by Crippen LogP contribution is -2.37. The van der Waals surface area contributed by atoms with Crippen molar-refractivity contribution in [2.45, 2.75) is 25.8 Å². The van der Waals surface area contributed by atoms with Crippen LogP contribution in [0.1, 0.15) is 19.8 Å². The van der Waals surface area contributed by atoms with Crippen molar-refractivity contribution < 1.29 is 0 Å². The van der Waals surface area contributed by atoms with Crippen molar-refractivity contribution in [3.63, 3.8) is 0 Å². The van der Waals surface area contributed by atoms with Crippen LogP contribution in [0, 0.1) is 5.92 Å². The van der Waals surface area contributed by atoms with E-state index in [4.69, 9.17) is 11.6 Å². The second kappa shape index (κ2) is 6.27. The molecule has 0 bridgehead atoms. The number of nitrogens with one attached hydrogen (secondary N) is 1. The second-order valence-electron chi connectivity index (χ2n) is 5.20. The third-order valence-electron chi connectivity index (χ3n) is 3.78. The Labute approximate surface area is 123 Å². The molecule has 0 aliphatic carbocycles. The van der Waals surface area contributed by atoms with E-state index in [1.54, 1.807) is 0 Å². The standard InChI is InChI=1S/C14H20BrClN2/c1-10(11-5-7-18(2)8-6-11)17-14-9-12(16)3-4-13(14)15/h3-4,9-11,17H,5-8H2,1-2H3. The summed E-state index contributed by atoms with van der Waals surface area (Å²) in [4.78, 5) is 2.40. The number of piperidine rings is 1. The van der Waals surface area contributed by atoms with Crippen LogP contribution in [0.4, 0.5) is 5.69 Å². The maximum absolute atomic E-state index is 6.04. The molecule has 1 N–H and O–H groups in total. The van der Waals surface area contributed by atoms with Crippen LogP contribution in [0.15, 0.2) is 22.7 Å². The van der Waals surface area contributed by atoms with Gasteiger partial charge in [-0.1, -0.05) is 11.6 Å². The first kappa shape index (κ1) is 14.2. The fourth-order valence-electron chi connectivity index (χ4n) is 2.50. The van der Waals surface area contributed by atoms with Gasteiger partial charge in [0.15, 0.2) is 0 Å². The number of likely N-dealkylation sites (tertiary alicyclic amines) is 1. The van der Waals surface area contributed by atoms with Crippen molar-refractivity contribution in [3.05, 3.63) is 27.7 Å². The molecule has 0 aromatic heterocycles. The molecule has 0 amide bonds. The van der Waals surface area contributed by atoms with Gasteiger partial charge in [0.2, 0.25) is 0 Å². The Kier molecular flexibility index (Phi) is 4.93. The van der Waals surface area contributed by atoms with E-state index in [1.807, 2.05) is 18.2 Å². The smallest absolute Gasteiger partial charge is 0.0501 e. The van der Waals surface area contributed by atoms with Crippen LogP contribution in [0.3, 0.4) is 0 Å². The number of rotatable bonds is 3. The van der Waals surface area contributed by atoms with E-state index in [2.05, 4.69) is 40.1 Å². The molecule has 1 aromatic carbocycles. The maximum atomic E-state index is 6.04. The van der Waals surface area contributed by atoms with Gasteiger partial charge < -0.3 is 10.2 Å². The average Bonchev–Trinajstić information content (AvgIpc) is 2.34. The third-order valence-corrected chi connectivity index (χ3v) is 4.71. The van der Waals surface area contributed by atoms with Crippen LogP contribution >= 0.6 is 27.5 Å². The van der Waals surface area contributed by atoms with E-state index in [0.29, 0.717) is 6.04 Å². The Balaban J connectivity index is 1.98. The summed E-state index contributed by atoms with van der Waals surface area (Å²) < 4.78 is 1.08. The molecule has 1 unspecified atom stereocenters. The molecule has 4 heteroatoms. The largest absolute Gasteiger partial charge is 0.381 e. The zero-order valence-electron chi connectivity index (χ0n) is 10.9. The molecule has 2 rings (SSSR count). The molecule has 1 atom stereocenters. The van der Waals surface area contributed by atoms with Gasteiger partial charge in [-0.15, -0.1) is 0 Å². The van der Waals surface area contributed by atoms with Crippen LogP contribution in [0.2, 0.25) is 5.02 Å². The Morgan fingerprint density at radius 1 is 1.39 bits per heavy atom. The second-order valence-corrected chi connectivity index (χ2v) is 6.49. The van der Waals surface area contributed by atoms with E-state index < -0.39 is 0 Å². The lowest BCUT2D eigenvalue weighted by atomic mass is 9.90. The third kappa shape index (κ3) is 3.62. The number of nitrogens with zero attached hydrogens (tertiary/aromatic N) is 1. The van der Waals surface area contributed by atoms with Crippen molar-refractivity contribution in [3.8, 4) is 0 Å². The molecule has 100 valence electrons. The Morgan fingerprint density at radius 2 is 2.06 bits per heavy atom. The normalized spacial score (nSPS) is 19.8. The van der Waals surface area contributed by atoms with Crippen LogP contribution in [0.25, 0.3) is 0 Å². The van der Waals surface area contributed by atoms with Gasteiger partial charge >= 0.3 is 0 Å². The highest BCUT2D eigenvalue weighted by Gasteiger charge is 2.22. The first-order valence-electron chi connectivity index (χ1n) is 6.46. The van der Waals surface area contributed by atoms with Gasteiger partial charge in [-0.3, -0.25) is 0 Å². The summed E-state index contributed by atoms with van der Waals surface area (Å²) in [5, 5.41) is 4.36. The predicted octanol–water partition coefficient (Wildman–Crippen LogP) is 4.24. The topological polar surface area (TPSA) is 15.3 Å². The minimum Gasteiger partial charge on any atom is -0.381 e. The summed E-state index contributed by atoms with van der Waals surface area (Å²) in [6.07, 6.45) is 2.53. The average molecular weight is 332 g/mol. The maximum Gasteiger partial charge on any atom is 0.0501 e. The summed E-state index contributed by atoms with van der Waals surface area (Å²) in [7, 11) is 2.20. The van der Waals surface area contributed by atoms with Crippen molar-refractivity contribution in [1.29, 1.82) is 0 Å². The predicted molar refractivity (Wildman–Crippen MR) is 82.5 cm³/mol. The minimum absolute atomic E-state index is 0.480. The summed E-state index contributed by atoms with van der Waals surface area (Å²) in [6, 6.07) is 6.36. The monoisotopic (exact) mass is 330 g/mol. The van der Waals surface area contributed by atoms with Crippen LogP contribution in [0.5, 0.6) is 0 Å². The molecule has 1 fully saturated rings. The van der Waals surface area contributed by atoms with E-state index >= 15 is 0 Å². The van der Waals surface area contributed by atoms with Crippen molar-refractivity contribution in [2.75, 3.05) is 25.5 Å². The molecule has 0 spiro atoms. The number of hydrogen-bond acceptors (Lipinski definition) is 2. The molecule has 0 saturated carbocycles. The zero-order chi connectivity index (χ0) is 13.1. The molecule has 1 heterocycles. The highest BCUT2D eigenvalue weighted by Crippen LogP contribution is 2.29. The quantitative estimate of drug-likeness (QED) is 0.891. The van der Waals surface area contributed by atoms with Gasteiger partial charge in [-0.05, 0) is 79.9 Å². The molecular weight excluding hydrogens is 312 g/mol. The minimum atomic E-state index is 0.480. The van der Waals surface area contributed by atoms with Gasteiger partial charge in [0.05, 0.1) is 5.69 Å². The van der Waals surface area contributed by atoms with E-state index in [0.717, 1.165) is 21.1 Å². The van der Waals surface area contributed by atoms with Crippen molar-refractivity contribution >= 4 is 33.2 Å². The Bertz CT molecular complexity index is 403. The zero-order valence-corrected chi connectivity index (χ0v) is 13.3. The molecule has 1 aliphatic heterocycles. The fraction of sp³-hybridized carbons (Fsp3) is 0.571. The molecule has 0 radical (unpaired) electrons. The van der Waals surface area contributed by atoms with E-state index in [1.165, 1.54) is 25.9 Å². The summed E-state index contributed by atoms with van der Waals surface area (Å²) in [5.41, 5.74) is 1.09. The molecular formula is C14H20BrClN2. The molecule has 1 aliphatic rings. The van der Waals surface area contributed by atoms with Gasteiger partial charge in [0, 0.05) is 15.5 Å². The summed E-state index contributed by atoms with van der Waals surface area (Å²) in [5.74, 6) is 0.743. The number of anilines is 1. The van der Waals surface area contributed by atoms with Crippen molar-refractivity contribution in [2.24, 2.45) is 5.92 Å². The Hall–Kier alpha value is -0.250. The summed E-state index contributed by atoms with van der Waals surface area (Å²) >= 11 is 9.60. The van der Waals surface area contributed by atoms with Crippen molar-refractivity contribution in [1.82, 2.24) is 4.90 Å². The van der Waals surface area contributed by atoms with Gasteiger partial charge in [-0.25, -0.2) is 0 Å². The van der Waals surface area contributed by atoms with E-state index in [-0.39, 0.29) is 0 Å². The number of benzene rings is 1. The molecule has 1 aromatic rings. The number of halogens is 2. The van der Waals surface area contributed by atoms with E-state index in [9.17, 15) is 0 Å². The first-order valence-corrected chi connectivity index (χ1v) is 7.63. The highest BCUT2D eigenvalue weighted by molar-refractivity contribution is 9.10. The lowest BCUT2D eigenvalue weighted by molar-refractivity contribution is 0.208. The SMILES string of the molecule is CC(Nc1cc(Cl)ccc1Br)C1CCN(C)CC1. The fourth-order valence-corrected chi connectivity index (χ4v) is 3.03. The number of hydrogen-bond donors (Lipinski definition) is 1. The first-order chi connectivity index (χ1) is 8.56. The van der Waals surface area contributed by atoms with Gasteiger partial charge in [-0.2, -0.15) is 0 Å². The molecule has 18 heavy (non-hydrogen) atoms. The summed E-state index contributed by atoms with van der Waals surface area (Å²) in [6.45, 7) is 4.67. The van der Waals surface area contributed by atoms with Crippen LogP contribution in [-0.4, -0.2) is 31.1 Å². The highest BCUT2D eigenvalue weighted by atomic mass is 79.9. The molecule has 1 saturated heterocycles. The Morgan fingerprint density at radius 3 is 2.72 bits per heavy atom. The van der Waals surface area contributed by atoms with Crippen LogP contribution in [-0.2, 0) is 0 Å². The van der Waals surface area contributed by atoms with Gasteiger partial charge in [0.25, 0.3) is 0 Å². The van der Waals surface area contributed by atoms with Gasteiger partial charge in [0.1, 0.15) is 0 Å².